The zero-order chi connectivity index (χ0) is 8.60. The molecule has 0 unspecified atom stereocenters. The normalized spacial score (nSPS) is 20.3. The molecular formula is C6H8N4S2. The molecule has 0 bridgehead atoms. The summed E-state index contributed by atoms with van der Waals surface area (Å²) in [4.78, 5) is 4.13. The Hall–Kier alpha value is -0.560. The first-order chi connectivity index (χ1) is 5.67. The van der Waals surface area contributed by atoms with Crippen LogP contribution < -0.4 is 16.8 Å². The molecule has 5 N–H and O–H groups in total. The molecule has 0 aromatic carbocycles. The van der Waals surface area contributed by atoms with Crippen LogP contribution in [0.2, 0.25) is 0 Å². The maximum Gasteiger partial charge on any atom is 0.193 e. The third-order valence-corrected chi connectivity index (χ3v) is 2.84. The van der Waals surface area contributed by atoms with Crippen LogP contribution in [0.3, 0.4) is 0 Å². The summed E-state index contributed by atoms with van der Waals surface area (Å²) in [6.07, 6.45) is 0. The molecule has 12 heavy (non-hydrogen) atoms. The van der Waals surface area contributed by atoms with Gasteiger partial charge in [0, 0.05) is 10.8 Å². The molecule has 1 aliphatic rings. The summed E-state index contributed by atoms with van der Waals surface area (Å²) in [5.74, 6) is 0. The van der Waals surface area contributed by atoms with E-state index in [1.54, 1.807) is 16.8 Å². The average Bonchev–Trinajstić information content (AvgIpc) is 2.55. The van der Waals surface area contributed by atoms with Gasteiger partial charge in [-0.2, -0.15) is 0 Å². The molecule has 0 atom stereocenters. The van der Waals surface area contributed by atoms with Gasteiger partial charge in [0.2, 0.25) is 0 Å². The van der Waals surface area contributed by atoms with Crippen molar-refractivity contribution in [3.05, 3.63) is 22.0 Å². The monoisotopic (exact) mass is 200 g/mol. The second-order valence-electron chi connectivity index (χ2n) is 2.44. The molecule has 1 aromatic rings. The molecule has 2 heterocycles. The van der Waals surface area contributed by atoms with E-state index >= 15 is 0 Å². The van der Waals surface area contributed by atoms with E-state index in [4.69, 9.17) is 11.5 Å². The van der Waals surface area contributed by atoms with Crippen LogP contribution in [0.25, 0.3) is 5.70 Å². The molecule has 0 saturated carbocycles. The van der Waals surface area contributed by atoms with Crippen molar-refractivity contribution >= 4 is 28.8 Å². The number of thiazole rings is 1. The summed E-state index contributed by atoms with van der Waals surface area (Å²) in [7, 11) is 0. The summed E-state index contributed by atoms with van der Waals surface area (Å²) < 4.78 is 0. The fourth-order valence-corrected chi connectivity index (χ4v) is 2.11. The third kappa shape index (κ3) is 1.46. The van der Waals surface area contributed by atoms with Gasteiger partial charge in [-0.15, -0.1) is 11.3 Å². The summed E-state index contributed by atoms with van der Waals surface area (Å²) >= 11 is 2.90. The SMILES string of the molecule is NC1(N)NC(c2cscn2)=CS1. The van der Waals surface area contributed by atoms with Crippen molar-refractivity contribution in [1.82, 2.24) is 10.3 Å². The molecule has 0 spiro atoms. The van der Waals surface area contributed by atoms with Crippen molar-refractivity contribution in [3.63, 3.8) is 0 Å². The number of thioether (sulfide) groups is 1. The van der Waals surface area contributed by atoms with Gasteiger partial charge in [-0.25, -0.2) is 4.98 Å². The maximum atomic E-state index is 5.63. The Morgan fingerprint density at radius 2 is 2.33 bits per heavy atom. The van der Waals surface area contributed by atoms with Crippen LogP contribution in [0.4, 0.5) is 0 Å². The molecule has 0 radical (unpaired) electrons. The largest absolute Gasteiger partial charge is 0.344 e. The Bertz CT molecular complexity index is 303. The number of nitrogens with zero attached hydrogens (tertiary/aromatic N) is 1. The zero-order valence-corrected chi connectivity index (χ0v) is 7.78. The minimum absolute atomic E-state index is 0.876. The van der Waals surface area contributed by atoms with Gasteiger partial charge in [-0.3, -0.25) is 11.5 Å². The zero-order valence-electron chi connectivity index (χ0n) is 6.15. The van der Waals surface area contributed by atoms with E-state index in [9.17, 15) is 0 Å². The van der Waals surface area contributed by atoms with Crippen LogP contribution in [0, 0.1) is 0 Å². The fraction of sp³-hybridized carbons (Fsp3) is 0.167. The van der Waals surface area contributed by atoms with Crippen LogP contribution in [0.1, 0.15) is 5.69 Å². The number of hydrogen-bond donors (Lipinski definition) is 3. The Morgan fingerprint density at radius 3 is 2.83 bits per heavy atom. The topological polar surface area (TPSA) is 77.0 Å². The third-order valence-electron chi connectivity index (χ3n) is 1.41. The predicted molar refractivity (Wildman–Crippen MR) is 51.9 cm³/mol. The Kier molecular flexibility index (Phi) is 1.84. The summed E-state index contributed by atoms with van der Waals surface area (Å²) in [6, 6.07) is 0. The Labute approximate surface area is 78.0 Å². The van der Waals surface area contributed by atoms with Crippen molar-refractivity contribution in [2.45, 2.75) is 5.12 Å². The van der Waals surface area contributed by atoms with Crippen molar-refractivity contribution in [1.29, 1.82) is 0 Å². The first-order valence-electron chi connectivity index (χ1n) is 3.30. The van der Waals surface area contributed by atoms with E-state index < -0.39 is 5.12 Å². The number of rotatable bonds is 1. The Balaban J connectivity index is 2.20. The second-order valence-corrected chi connectivity index (χ2v) is 4.31. The molecule has 64 valence electrons. The summed E-state index contributed by atoms with van der Waals surface area (Å²) in [5.41, 5.74) is 14.8. The van der Waals surface area contributed by atoms with Crippen LogP contribution in [-0.2, 0) is 0 Å². The highest BCUT2D eigenvalue weighted by Gasteiger charge is 2.26. The minimum atomic E-state index is -0.876. The number of aromatic nitrogens is 1. The van der Waals surface area contributed by atoms with Gasteiger partial charge < -0.3 is 5.32 Å². The van der Waals surface area contributed by atoms with Gasteiger partial charge in [0.05, 0.1) is 16.9 Å². The van der Waals surface area contributed by atoms with Crippen molar-refractivity contribution < 1.29 is 0 Å². The summed E-state index contributed by atoms with van der Waals surface area (Å²) in [5, 5.41) is 5.91. The second kappa shape index (κ2) is 2.74. The van der Waals surface area contributed by atoms with Crippen LogP contribution in [-0.4, -0.2) is 10.1 Å². The average molecular weight is 200 g/mol. The van der Waals surface area contributed by atoms with Gasteiger partial charge in [0.25, 0.3) is 0 Å². The quantitative estimate of drug-likeness (QED) is 0.569. The first kappa shape index (κ1) is 8.06. The minimum Gasteiger partial charge on any atom is -0.344 e. The van der Waals surface area contributed by atoms with Crippen LogP contribution in [0.15, 0.2) is 16.3 Å². The van der Waals surface area contributed by atoms with Crippen LogP contribution in [0.5, 0.6) is 0 Å². The highest BCUT2D eigenvalue weighted by atomic mass is 32.2. The Morgan fingerprint density at radius 1 is 1.50 bits per heavy atom. The highest BCUT2D eigenvalue weighted by Crippen LogP contribution is 2.28. The van der Waals surface area contributed by atoms with Crippen molar-refractivity contribution in [2.24, 2.45) is 11.5 Å². The van der Waals surface area contributed by atoms with Gasteiger partial charge in [-0.05, 0) is 0 Å². The molecule has 1 aromatic heterocycles. The lowest BCUT2D eigenvalue weighted by Crippen LogP contribution is -2.54. The van der Waals surface area contributed by atoms with Gasteiger partial charge in [0.1, 0.15) is 0 Å². The van der Waals surface area contributed by atoms with Crippen molar-refractivity contribution in [2.75, 3.05) is 0 Å². The number of hydrogen-bond acceptors (Lipinski definition) is 6. The maximum absolute atomic E-state index is 5.63. The molecule has 0 aliphatic carbocycles. The first-order valence-corrected chi connectivity index (χ1v) is 5.12. The number of nitrogens with two attached hydrogens (primary N) is 2. The molecular weight excluding hydrogens is 192 g/mol. The lowest BCUT2D eigenvalue weighted by atomic mass is 10.4. The molecule has 2 rings (SSSR count). The van der Waals surface area contributed by atoms with E-state index in [2.05, 4.69) is 10.3 Å². The lowest BCUT2D eigenvalue weighted by molar-refractivity contribution is 0.599. The van der Waals surface area contributed by atoms with E-state index in [1.165, 1.54) is 11.8 Å². The fourth-order valence-electron chi connectivity index (χ4n) is 0.896. The number of nitrogens with one attached hydrogen (secondary N) is 1. The van der Waals surface area contributed by atoms with E-state index in [-0.39, 0.29) is 0 Å². The standard InChI is InChI=1S/C6H8N4S2/c7-6(8)10-5(2-12-6)4-1-11-3-9-4/h1-3,10H,7-8H2. The van der Waals surface area contributed by atoms with Crippen molar-refractivity contribution in [3.8, 4) is 0 Å². The van der Waals surface area contributed by atoms with Gasteiger partial charge in [0.15, 0.2) is 5.12 Å². The van der Waals surface area contributed by atoms with Gasteiger partial charge in [-0.1, -0.05) is 11.8 Å². The molecule has 1 aliphatic heterocycles. The van der Waals surface area contributed by atoms with Crippen LogP contribution >= 0.6 is 23.1 Å². The van der Waals surface area contributed by atoms with E-state index in [1.807, 2.05) is 10.8 Å². The molecule has 4 nitrogen and oxygen atoms in total. The smallest absolute Gasteiger partial charge is 0.193 e. The van der Waals surface area contributed by atoms with E-state index in [0.717, 1.165) is 11.4 Å². The molecule has 0 saturated heterocycles. The van der Waals surface area contributed by atoms with E-state index in [0.29, 0.717) is 0 Å². The lowest BCUT2D eigenvalue weighted by Gasteiger charge is -2.18. The predicted octanol–water partition coefficient (Wildman–Crippen LogP) is 0.307. The molecule has 6 heteroatoms. The molecule has 0 fully saturated rings. The highest BCUT2D eigenvalue weighted by molar-refractivity contribution is 8.03. The molecule has 0 amide bonds. The van der Waals surface area contributed by atoms with Gasteiger partial charge >= 0.3 is 0 Å². The summed E-state index contributed by atoms with van der Waals surface area (Å²) in [6.45, 7) is 0.